The summed E-state index contributed by atoms with van der Waals surface area (Å²) in [5, 5.41) is 4.52. The number of Topliss-reactive ketones (excluding diaryl/α,β-unsaturated/α-hetero) is 1. The van der Waals surface area contributed by atoms with E-state index in [1.807, 2.05) is 42.5 Å². The summed E-state index contributed by atoms with van der Waals surface area (Å²) in [5.74, 6) is 0.823. The van der Waals surface area contributed by atoms with Crippen LogP contribution in [0.5, 0.6) is 0 Å². The highest BCUT2D eigenvalue weighted by atomic mass is 35.5. The maximum Gasteiger partial charge on any atom is 0.257 e. The molecule has 0 unspecified atom stereocenters. The van der Waals surface area contributed by atoms with E-state index in [2.05, 4.69) is 24.1 Å². The molecule has 0 radical (unpaired) electrons. The second kappa shape index (κ2) is 8.50. The highest BCUT2D eigenvalue weighted by Gasteiger charge is 2.42. The van der Waals surface area contributed by atoms with Crippen LogP contribution in [0.15, 0.2) is 75.8 Å². The Morgan fingerprint density at radius 3 is 2.52 bits per heavy atom. The van der Waals surface area contributed by atoms with Crippen LogP contribution in [-0.2, 0) is 10.5 Å². The first-order chi connectivity index (χ1) is 15.8. The van der Waals surface area contributed by atoms with E-state index in [0.29, 0.717) is 39.3 Å². The summed E-state index contributed by atoms with van der Waals surface area (Å²) < 4.78 is 0. The molecule has 0 amide bonds. The zero-order chi connectivity index (χ0) is 23.2. The lowest BCUT2D eigenvalue weighted by Gasteiger charge is -2.38. The Balaban J connectivity index is 1.59. The van der Waals surface area contributed by atoms with Gasteiger partial charge in [-0.3, -0.25) is 9.59 Å². The Morgan fingerprint density at radius 2 is 1.79 bits per heavy atom. The lowest BCUT2D eigenvalue weighted by molar-refractivity contribution is -0.118. The number of anilines is 1. The summed E-state index contributed by atoms with van der Waals surface area (Å²) in [7, 11) is 0. The molecular weight excluding hydrogens is 454 g/mol. The first-order valence-corrected chi connectivity index (χ1v) is 12.3. The zero-order valence-corrected chi connectivity index (χ0v) is 20.0. The first-order valence-electron chi connectivity index (χ1n) is 10.9. The second-order valence-electron chi connectivity index (χ2n) is 9.35. The highest BCUT2D eigenvalue weighted by Crippen LogP contribution is 2.47. The Kier molecular flexibility index (Phi) is 5.67. The van der Waals surface area contributed by atoms with Gasteiger partial charge in [0.15, 0.2) is 10.9 Å². The second-order valence-corrected chi connectivity index (χ2v) is 10.8. The standard InChI is InChI=1S/C26H24ClN3O2S/c1-26(2)12-18-21(19(31)13-26)20(16-8-10-17(27)11-9-16)22-23(28-18)29-25(30-24(22)32)33-14-15-6-4-3-5-7-15/h3-11,20H,12-14H2,1-2H3,(H2,28,29,30,32)/t20-/m1/s1. The van der Waals surface area contributed by atoms with E-state index in [0.717, 1.165) is 23.2 Å². The van der Waals surface area contributed by atoms with Crippen LogP contribution in [0.2, 0.25) is 5.02 Å². The minimum atomic E-state index is -0.471. The van der Waals surface area contributed by atoms with Gasteiger partial charge in [0.2, 0.25) is 0 Å². The molecule has 2 aliphatic rings. The maximum absolute atomic E-state index is 13.3. The molecule has 168 valence electrons. The Bertz CT molecular complexity index is 1310. The number of H-pyrrole nitrogens is 1. The van der Waals surface area contributed by atoms with E-state index in [1.165, 1.54) is 11.8 Å². The fourth-order valence-electron chi connectivity index (χ4n) is 4.68. The van der Waals surface area contributed by atoms with Gasteiger partial charge in [-0.25, -0.2) is 4.98 Å². The largest absolute Gasteiger partial charge is 0.343 e. The van der Waals surface area contributed by atoms with Gasteiger partial charge in [0.25, 0.3) is 5.56 Å². The van der Waals surface area contributed by atoms with Crippen LogP contribution in [-0.4, -0.2) is 15.8 Å². The number of rotatable bonds is 4. The Morgan fingerprint density at radius 1 is 1.06 bits per heavy atom. The molecule has 0 fully saturated rings. The van der Waals surface area contributed by atoms with Crippen LogP contribution in [0.1, 0.15) is 49.3 Å². The van der Waals surface area contributed by atoms with Crippen LogP contribution in [0.4, 0.5) is 5.82 Å². The van der Waals surface area contributed by atoms with Crippen molar-refractivity contribution < 1.29 is 4.79 Å². The lowest BCUT2D eigenvalue weighted by Crippen LogP contribution is -2.37. The summed E-state index contributed by atoms with van der Waals surface area (Å²) in [6.45, 7) is 4.19. The monoisotopic (exact) mass is 477 g/mol. The molecule has 0 bridgehead atoms. The number of halogens is 1. The number of carbonyl (C=O) groups excluding carboxylic acids is 1. The quantitative estimate of drug-likeness (QED) is 0.360. The van der Waals surface area contributed by atoms with Gasteiger partial charge in [0, 0.05) is 34.4 Å². The van der Waals surface area contributed by atoms with Crippen molar-refractivity contribution in [1.29, 1.82) is 0 Å². The van der Waals surface area contributed by atoms with Gasteiger partial charge in [-0.1, -0.05) is 79.7 Å². The molecule has 1 atom stereocenters. The molecule has 0 saturated carbocycles. The van der Waals surface area contributed by atoms with Crippen molar-refractivity contribution in [1.82, 2.24) is 9.97 Å². The van der Waals surface area contributed by atoms with E-state index in [9.17, 15) is 9.59 Å². The molecule has 5 rings (SSSR count). The molecule has 3 aromatic rings. The van der Waals surface area contributed by atoms with Gasteiger partial charge in [-0.2, -0.15) is 0 Å². The molecule has 1 aliphatic heterocycles. The fraction of sp³-hybridized carbons (Fsp3) is 0.269. The molecule has 1 aliphatic carbocycles. The van der Waals surface area contributed by atoms with Crippen LogP contribution in [0.3, 0.4) is 0 Å². The van der Waals surface area contributed by atoms with E-state index in [-0.39, 0.29) is 16.8 Å². The molecule has 0 spiro atoms. The predicted octanol–water partition coefficient (Wildman–Crippen LogP) is 5.92. The number of nitrogens with zero attached hydrogens (tertiary/aromatic N) is 1. The minimum Gasteiger partial charge on any atom is -0.343 e. The Labute approximate surface area is 201 Å². The number of thioether (sulfide) groups is 1. The summed E-state index contributed by atoms with van der Waals surface area (Å²) in [6, 6.07) is 17.4. The van der Waals surface area contributed by atoms with Gasteiger partial charge in [-0.15, -0.1) is 0 Å². The molecule has 1 aromatic heterocycles. The molecule has 33 heavy (non-hydrogen) atoms. The van der Waals surface area contributed by atoms with Gasteiger partial charge in [-0.05, 0) is 35.1 Å². The SMILES string of the molecule is CC1(C)CC(=O)C2=C(C1)Nc1nc(SCc3ccccc3)[nH]c(=O)c1[C@@H]2c1ccc(Cl)cc1. The summed E-state index contributed by atoms with van der Waals surface area (Å²) in [5.41, 5.74) is 3.64. The zero-order valence-electron chi connectivity index (χ0n) is 18.4. The normalized spacial score (nSPS) is 19.0. The van der Waals surface area contributed by atoms with Gasteiger partial charge < -0.3 is 10.3 Å². The molecule has 0 saturated heterocycles. The van der Waals surface area contributed by atoms with E-state index in [1.54, 1.807) is 12.1 Å². The number of hydrogen-bond acceptors (Lipinski definition) is 5. The summed E-state index contributed by atoms with van der Waals surface area (Å²) in [6.07, 6.45) is 1.17. The number of carbonyl (C=O) groups is 1. The van der Waals surface area contributed by atoms with Crippen molar-refractivity contribution in [3.8, 4) is 0 Å². The number of nitrogens with one attached hydrogen (secondary N) is 2. The number of hydrogen-bond donors (Lipinski definition) is 2. The molecule has 2 heterocycles. The summed E-state index contributed by atoms with van der Waals surface area (Å²) in [4.78, 5) is 34.3. The minimum absolute atomic E-state index is 0.0706. The van der Waals surface area contributed by atoms with Crippen LogP contribution < -0.4 is 10.9 Å². The van der Waals surface area contributed by atoms with Crippen molar-refractivity contribution >= 4 is 35.0 Å². The lowest BCUT2D eigenvalue weighted by atomic mass is 9.69. The number of fused-ring (bicyclic) bond motifs is 1. The third-order valence-electron chi connectivity index (χ3n) is 6.12. The van der Waals surface area contributed by atoms with Crippen LogP contribution >= 0.6 is 23.4 Å². The number of ketones is 1. The Hall–Kier alpha value is -2.83. The van der Waals surface area contributed by atoms with Crippen LogP contribution in [0, 0.1) is 5.41 Å². The van der Waals surface area contributed by atoms with Crippen molar-refractivity contribution in [2.45, 2.75) is 43.5 Å². The van der Waals surface area contributed by atoms with Crippen molar-refractivity contribution in [2.75, 3.05) is 5.32 Å². The van der Waals surface area contributed by atoms with E-state index >= 15 is 0 Å². The van der Waals surface area contributed by atoms with Crippen LogP contribution in [0.25, 0.3) is 0 Å². The topological polar surface area (TPSA) is 74.8 Å². The van der Waals surface area contributed by atoms with E-state index < -0.39 is 5.92 Å². The summed E-state index contributed by atoms with van der Waals surface area (Å²) >= 11 is 7.60. The molecule has 5 nitrogen and oxygen atoms in total. The average molecular weight is 478 g/mol. The molecule has 7 heteroatoms. The third kappa shape index (κ3) is 4.37. The molecule has 2 aromatic carbocycles. The average Bonchev–Trinajstić information content (AvgIpc) is 2.77. The molecule has 2 N–H and O–H groups in total. The number of aromatic nitrogens is 2. The maximum atomic E-state index is 13.3. The number of aromatic amines is 1. The molecular formula is C26H24ClN3O2S. The predicted molar refractivity (Wildman–Crippen MR) is 133 cm³/mol. The van der Waals surface area contributed by atoms with Gasteiger partial charge in [0.1, 0.15) is 5.82 Å². The third-order valence-corrected chi connectivity index (χ3v) is 7.32. The first kappa shape index (κ1) is 22.0. The number of allylic oxidation sites excluding steroid dienone is 2. The van der Waals surface area contributed by atoms with Crippen molar-refractivity contribution in [3.63, 3.8) is 0 Å². The van der Waals surface area contributed by atoms with Crippen molar-refractivity contribution in [2.24, 2.45) is 5.41 Å². The van der Waals surface area contributed by atoms with Gasteiger partial charge >= 0.3 is 0 Å². The fourth-order valence-corrected chi connectivity index (χ4v) is 5.62. The smallest absolute Gasteiger partial charge is 0.257 e. The van der Waals surface area contributed by atoms with E-state index in [4.69, 9.17) is 16.6 Å². The van der Waals surface area contributed by atoms with Crippen molar-refractivity contribution in [3.05, 3.63) is 97.9 Å². The van der Waals surface area contributed by atoms with Gasteiger partial charge in [0.05, 0.1) is 5.56 Å². The highest BCUT2D eigenvalue weighted by molar-refractivity contribution is 7.98. The number of benzene rings is 2.